The molecule has 1 aromatic rings. The molecule has 0 saturated carbocycles. The third-order valence-electron chi connectivity index (χ3n) is 3.15. The van der Waals surface area contributed by atoms with Gasteiger partial charge in [0.2, 0.25) is 5.91 Å². The van der Waals surface area contributed by atoms with E-state index in [0.29, 0.717) is 12.5 Å². The summed E-state index contributed by atoms with van der Waals surface area (Å²) in [6.07, 6.45) is 1.03. The van der Waals surface area contributed by atoms with Crippen LogP contribution in [0, 0.1) is 12.8 Å². The monoisotopic (exact) mass is 262 g/mol. The minimum absolute atomic E-state index is 0.0696. The topological polar surface area (TPSA) is 41.1 Å². The lowest BCUT2D eigenvalue weighted by Crippen LogP contribution is -2.35. The minimum Gasteiger partial charge on any atom is -0.355 e. The Morgan fingerprint density at radius 2 is 2.00 bits per heavy atom. The van der Waals surface area contributed by atoms with Crippen molar-refractivity contribution in [2.75, 3.05) is 13.1 Å². The molecule has 0 aliphatic carbocycles. The molecule has 3 heteroatoms. The lowest BCUT2D eigenvalue weighted by molar-refractivity contribution is -0.120. The quantitative estimate of drug-likeness (QED) is 0.793. The van der Waals surface area contributed by atoms with Crippen LogP contribution in [-0.4, -0.2) is 19.0 Å². The van der Waals surface area contributed by atoms with Crippen LogP contribution in [0.2, 0.25) is 0 Å². The van der Waals surface area contributed by atoms with E-state index in [0.717, 1.165) is 13.0 Å². The predicted molar refractivity (Wildman–Crippen MR) is 80.1 cm³/mol. The zero-order valence-electron chi connectivity index (χ0n) is 12.5. The highest BCUT2D eigenvalue weighted by molar-refractivity contribution is 5.77. The summed E-state index contributed by atoms with van der Waals surface area (Å²) >= 11 is 0. The molecule has 2 N–H and O–H groups in total. The number of hydrogen-bond donors (Lipinski definition) is 2. The zero-order valence-corrected chi connectivity index (χ0v) is 12.5. The SMILES string of the molecule is Cc1cccc([C@@H](C)NCC(=O)NCCC(C)C)c1. The molecule has 0 heterocycles. The molecule has 0 bridgehead atoms. The van der Waals surface area contributed by atoms with Crippen molar-refractivity contribution in [1.82, 2.24) is 10.6 Å². The van der Waals surface area contributed by atoms with Gasteiger partial charge in [-0.15, -0.1) is 0 Å². The fourth-order valence-corrected chi connectivity index (χ4v) is 1.87. The molecule has 0 unspecified atom stereocenters. The Morgan fingerprint density at radius 3 is 2.63 bits per heavy atom. The van der Waals surface area contributed by atoms with Gasteiger partial charge in [-0.05, 0) is 31.7 Å². The molecule has 0 fully saturated rings. The normalized spacial score (nSPS) is 12.5. The van der Waals surface area contributed by atoms with E-state index in [1.54, 1.807) is 0 Å². The maximum Gasteiger partial charge on any atom is 0.233 e. The molecular formula is C16H26N2O. The van der Waals surface area contributed by atoms with E-state index < -0.39 is 0 Å². The Morgan fingerprint density at radius 1 is 1.26 bits per heavy atom. The number of amides is 1. The van der Waals surface area contributed by atoms with E-state index in [1.165, 1.54) is 11.1 Å². The summed E-state index contributed by atoms with van der Waals surface area (Å²) in [6.45, 7) is 9.60. The third kappa shape index (κ3) is 6.39. The van der Waals surface area contributed by atoms with Crippen LogP contribution < -0.4 is 10.6 Å². The fourth-order valence-electron chi connectivity index (χ4n) is 1.87. The lowest BCUT2D eigenvalue weighted by Gasteiger charge is -2.15. The maximum atomic E-state index is 11.7. The first-order chi connectivity index (χ1) is 8.99. The van der Waals surface area contributed by atoms with Crippen LogP contribution in [-0.2, 0) is 4.79 Å². The summed E-state index contributed by atoms with van der Waals surface area (Å²) in [7, 11) is 0. The first-order valence-corrected chi connectivity index (χ1v) is 7.05. The van der Waals surface area contributed by atoms with Crippen LogP contribution in [0.1, 0.15) is 44.4 Å². The molecule has 19 heavy (non-hydrogen) atoms. The van der Waals surface area contributed by atoms with Crippen LogP contribution in [0.4, 0.5) is 0 Å². The Balaban J connectivity index is 2.30. The second kappa shape index (κ2) is 7.95. The number of carbonyl (C=O) groups is 1. The number of nitrogens with one attached hydrogen (secondary N) is 2. The first-order valence-electron chi connectivity index (χ1n) is 7.05. The van der Waals surface area contributed by atoms with E-state index in [4.69, 9.17) is 0 Å². The van der Waals surface area contributed by atoms with E-state index in [1.807, 2.05) is 6.07 Å². The van der Waals surface area contributed by atoms with E-state index in [-0.39, 0.29) is 11.9 Å². The van der Waals surface area contributed by atoms with Crippen molar-refractivity contribution >= 4 is 5.91 Å². The number of hydrogen-bond acceptors (Lipinski definition) is 2. The van der Waals surface area contributed by atoms with Crippen LogP contribution in [0.3, 0.4) is 0 Å². The summed E-state index contributed by atoms with van der Waals surface area (Å²) in [5.41, 5.74) is 2.46. The van der Waals surface area contributed by atoms with Crippen molar-refractivity contribution in [2.24, 2.45) is 5.92 Å². The zero-order chi connectivity index (χ0) is 14.3. The molecule has 0 aromatic heterocycles. The van der Waals surface area contributed by atoms with Crippen molar-refractivity contribution in [3.8, 4) is 0 Å². The molecule has 1 atom stereocenters. The highest BCUT2D eigenvalue weighted by Crippen LogP contribution is 2.13. The van der Waals surface area contributed by atoms with Gasteiger partial charge in [-0.1, -0.05) is 43.7 Å². The molecule has 0 spiro atoms. The van der Waals surface area contributed by atoms with Gasteiger partial charge in [0.25, 0.3) is 0 Å². The average Bonchev–Trinajstić information content (AvgIpc) is 2.35. The van der Waals surface area contributed by atoms with E-state index in [2.05, 4.69) is 56.5 Å². The summed E-state index contributed by atoms with van der Waals surface area (Å²) in [5, 5.41) is 6.18. The van der Waals surface area contributed by atoms with Gasteiger partial charge >= 0.3 is 0 Å². The molecule has 0 saturated heterocycles. The molecule has 0 aliphatic rings. The molecule has 1 amide bonds. The van der Waals surface area contributed by atoms with Gasteiger partial charge in [0.15, 0.2) is 0 Å². The Kier molecular flexibility index (Phi) is 6.57. The second-order valence-corrected chi connectivity index (χ2v) is 5.55. The molecule has 3 nitrogen and oxygen atoms in total. The first kappa shape index (κ1) is 15.7. The minimum atomic E-state index is 0.0696. The molecule has 0 radical (unpaired) electrons. The van der Waals surface area contributed by atoms with Gasteiger partial charge < -0.3 is 10.6 Å². The smallest absolute Gasteiger partial charge is 0.233 e. The standard InChI is InChI=1S/C16H26N2O/c1-12(2)8-9-17-16(19)11-18-14(4)15-7-5-6-13(3)10-15/h5-7,10,12,14,18H,8-9,11H2,1-4H3,(H,17,19)/t14-/m1/s1. The van der Waals surface area contributed by atoms with Gasteiger partial charge in [-0.2, -0.15) is 0 Å². The van der Waals surface area contributed by atoms with E-state index >= 15 is 0 Å². The number of benzene rings is 1. The molecule has 106 valence electrons. The number of aryl methyl sites for hydroxylation is 1. The Labute approximate surface area is 116 Å². The van der Waals surface area contributed by atoms with Crippen LogP contribution in [0.15, 0.2) is 24.3 Å². The van der Waals surface area contributed by atoms with Crippen LogP contribution in [0.5, 0.6) is 0 Å². The highest BCUT2D eigenvalue weighted by atomic mass is 16.1. The molecule has 1 aromatic carbocycles. The van der Waals surface area contributed by atoms with Crippen molar-refractivity contribution in [3.05, 3.63) is 35.4 Å². The van der Waals surface area contributed by atoms with Gasteiger partial charge in [-0.3, -0.25) is 4.79 Å². The summed E-state index contributed by atoms with van der Waals surface area (Å²) in [6, 6.07) is 8.55. The van der Waals surface area contributed by atoms with Crippen molar-refractivity contribution < 1.29 is 4.79 Å². The van der Waals surface area contributed by atoms with E-state index in [9.17, 15) is 4.79 Å². The summed E-state index contributed by atoms with van der Waals surface area (Å²) < 4.78 is 0. The van der Waals surface area contributed by atoms with Gasteiger partial charge in [-0.25, -0.2) is 0 Å². The Hall–Kier alpha value is -1.35. The molecule has 1 rings (SSSR count). The average molecular weight is 262 g/mol. The third-order valence-corrected chi connectivity index (χ3v) is 3.15. The van der Waals surface area contributed by atoms with Crippen LogP contribution >= 0.6 is 0 Å². The summed E-state index contributed by atoms with van der Waals surface area (Å²) in [4.78, 5) is 11.7. The second-order valence-electron chi connectivity index (χ2n) is 5.55. The Bertz CT molecular complexity index is 401. The van der Waals surface area contributed by atoms with Gasteiger partial charge in [0.1, 0.15) is 0 Å². The predicted octanol–water partition coefficient (Wildman–Crippen LogP) is 2.81. The number of carbonyl (C=O) groups excluding carboxylic acids is 1. The van der Waals surface area contributed by atoms with Crippen LogP contribution in [0.25, 0.3) is 0 Å². The summed E-state index contributed by atoms with van der Waals surface area (Å²) in [5.74, 6) is 0.694. The number of rotatable bonds is 7. The highest BCUT2D eigenvalue weighted by Gasteiger charge is 2.07. The van der Waals surface area contributed by atoms with Crippen molar-refractivity contribution in [3.63, 3.8) is 0 Å². The molecular weight excluding hydrogens is 236 g/mol. The largest absolute Gasteiger partial charge is 0.355 e. The lowest BCUT2D eigenvalue weighted by atomic mass is 10.1. The van der Waals surface area contributed by atoms with Crippen molar-refractivity contribution in [2.45, 2.75) is 40.2 Å². The fraction of sp³-hybridized carbons (Fsp3) is 0.562. The van der Waals surface area contributed by atoms with Gasteiger partial charge in [0.05, 0.1) is 6.54 Å². The van der Waals surface area contributed by atoms with Gasteiger partial charge in [0, 0.05) is 12.6 Å². The molecule has 0 aliphatic heterocycles. The maximum absolute atomic E-state index is 11.7. The van der Waals surface area contributed by atoms with Crippen molar-refractivity contribution in [1.29, 1.82) is 0 Å².